The number of methoxy groups -OCH3 is 1. The molecule has 1 fully saturated rings. The van der Waals surface area contributed by atoms with Crippen molar-refractivity contribution in [3.8, 4) is 5.75 Å². The summed E-state index contributed by atoms with van der Waals surface area (Å²) in [5.41, 5.74) is 1.52. The number of carbonyl (C=O) groups is 3. The first-order valence-corrected chi connectivity index (χ1v) is 12.0. The largest absolute Gasteiger partial charge is 0.507 e. The number of ketones is 1. The predicted octanol–water partition coefficient (Wildman–Crippen LogP) is 4.88. The molecule has 8 heteroatoms. The van der Waals surface area contributed by atoms with Crippen molar-refractivity contribution in [3.63, 3.8) is 0 Å². The lowest BCUT2D eigenvalue weighted by molar-refractivity contribution is -0.146. The summed E-state index contributed by atoms with van der Waals surface area (Å²) < 4.78 is 10.5. The van der Waals surface area contributed by atoms with E-state index < -0.39 is 17.7 Å². The maximum Gasteiger partial charge on any atom is 0.310 e. The zero-order chi connectivity index (χ0) is 25.1. The van der Waals surface area contributed by atoms with Crippen LogP contribution in [0.1, 0.15) is 35.9 Å². The number of hydrogen-bond donors (Lipinski definition) is 1. The molecule has 0 bridgehead atoms. The molecule has 0 aliphatic carbocycles. The van der Waals surface area contributed by atoms with Gasteiger partial charge in [0.05, 0.1) is 30.8 Å². The Morgan fingerprint density at radius 1 is 1.06 bits per heavy atom. The number of carbonyl (C=O) groups excluding carboxylic acids is 3. The number of para-hydroxylation sites is 1. The molecular formula is C27H25NO6S. The van der Waals surface area contributed by atoms with Gasteiger partial charge in [-0.2, -0.15) is 0 Å². The summed E-state index contributed by atoms with van der Waals surface area (Å²) in [6.45, 7) is 3.57. The van der Waals surface area contributed by atoms with Gasteiger partial charge in [0.25, 0.3) is 11.7 Å². The molecule has 1 aromatic heterocycles. The lowest BCUT2D eigenvalue weighted by Gasteiger charge is -2.24. The van der Waals surface area contributed by atoms with E-state index in [0.29, 0.717) is 17.0 Å². The summed E-state index contributed by atoms with van der Waals surface area (Å²) in [6, 6.07) is 16.4. The van der Waals surface area contributed by atoms with Crippen molar-refractivity contribution in [3.05, 3.63) is 87.6 Å². The first-order chi connectivity index (χ1) is 16.8. The fourth-order valence-corrected chi connectivity index (χ4v) is 4.87. The van der Waals surface area contributed by atoms with Crippen LogP contribution in [0.25, 0.3) is 5.76 Å². The van der Waals surface area contributed by atoms with Crippen molar-refractivity contribution in [1.29, 1.82) is 0 Å². The van der Waals surface area contributed by atoms with Crippen LogP contribution in [0.3, 0.4) is 0 Å². The Bertz CT molecular complexity index is 1280. The van der Waals surface area contributed by atoms with Gasteiger partial charge in [-0.25, -0.2) is 0 Å². The minimum atomic E-state index is -0.809. The van der Waals surface area contributed by atoms with Gasteiger partial charge in [0.15, 0.2) is 0 Å². The molecule has 1 aliphatic heterocycles. The number of esters is 1. The number of aliphatic hydroxyl groups is 1. The second-order valence-electron chi connectivity index (χ2n) is 8.27. The molecule has 1 N–H and O–H groups in total. The SMILES string of the molecule is COc1ccccc1/C(O)=C1/C(=O)C(=O)N(c2ccc(CC(=O)OC(C)C)cc2)C1c1cccs1. The molecule has 7 nitrogen and oxygen atoms in total. The van der Waals surface area contributed by atoms with Crippen LogP contribution in [0.4, 0.5) is 5.69 Å². The molecule has 1 amide bonds. The lowest BCUT2D eigenvalue weighted by Crippen LogP contribution is -2.29. The van der Waals surface area contributed by atoms with Gasteiger partial charge in [0.1, 0.15) is 17.6 Å². The average molecular weight is 492 g/mol. The van der Waals surface area contributed by atoms with E-state index in [2.05, 4.69) is 0 Å². The Kier molecular flexibility index (Phi) is 7.02. The highest BCUT2D eigenvalue weighted by Crippen LogP contribution is 2.44. The van der Waals surface area contributed by atoms with E-state index in [1.165, 1.54) is 23.3 Å². The van der Waals surface area contributed by atoms with Crippen LogP contribution in [0.5, 0.6) is 5.75 Å². The Labute approximate surface area is 207 Å². The zero-order valence-electron chi connectivity index (χ0n) is 19.6. The van der Waals surface area contributed by atoms with E-state index in [1.54, 1.807) is 62.4 Å². The van der Waals surface area contributed by atoms with Gasteiger partial charge in [0.2, 0.25) is 0 Å². The van der Waals surface area contributed by atoms with E-state index in [9.17, 15) is 19.5 Å². The van der Waals surface area contributed by atoms with Gasteiger partial charge in [-0.1, -0.05) is 30.3 Å². The molecule has 2 aromatic carbocycles. The van der Waals surface area contributed by atoms with E-state index in [0.717, 1.165) is 10.4 Å². The summed E-state index contributed by atoms with van der Waals surface area (Å²) in [6.07, 6.45) is -0.109. The summed E-state index contributed by atoms with van der Waals surface area (Å²) in [7, 11) is 1.47. The number of Topliss-reactive ketones (excluding diaryl/α,β-unsaturated/α-hetero) is 1. The monoisotopic (exact) mass is 491 g/mol. The number of aliphatic hydroxyl groups excluding tert-OH is 1. The Balaban J connectivity index is 1.76. The number of hydrogen-bond acceptors (Lipinski definition) is 7. The molecule has 1 aliphatic rings. The second kappa shape index (κ2) is 10.1. The summed E-state index contributed by atoms with van der Waals surface area (Å²) in [5, 5.41) is 13.1. The number of ether oxygens (including phenoxy) is 2. The van der Waals surface area contributed by atoms with Crippen LogP contribution in [-0.2, 0) is 25.5 Å². The fraction of sp³-hybridized carbons (Fsp3) is 0.222. The topological polar surface area (TPSA) is 93.1 Å². The molecule has 0 radical (unpaired) electrons. The number of nitrogens with zero attached hydrogens (tertiary/aromatic N) is 1. The van der Waals surface area contributed by atoms with Crippen LogP contribution in [-0.4, -0.2) is 36.0 Å². The fourth-order valence-electron chi connectivity index (χ4n) is 4.05. The first-order valence-electron chi connectivity index (χ1n) is 11.1. The highest BCUT2D eigenvalue weighted by molar-refractivity contribution is 7.10. The van der Waals surface area contributed by atoms with Crippen molar-refractivity contribution in [2.75, 3.05) is 12.0 Å². The molecule has 1 atom stereocenters. The van der Waals surface area contributed by atoms with E-state index in [1.807, 2.05) is 17.5 Å². The normalized spacial score (nSPS) is 17.1. The number of amides is 1. The molecule has 3 aromatic rings. The number of benzene rings is 2. The van der Waals surface area contributed by atoms with E-state index in [4.69, 9.17) is 9.47 Å². The minimum absolute atomic E-state index is 0.00784. The van der Waals surface area contributed by atoms with Crippen molar-refractivity contribution >= 4 is 40.4 Å². The quantitative estimate of drug-likeness (QED) is 0.219. The molecule has 1 saturated heterocycles. The Morgan fingerprint density at radius 3 is 2.40 bits per heavy atom. The highest BCUT2D eigenvalue weighted by Gasteiger charge is 2.47. The van der Waals surface area contributed by atoms with Gasteiger partial charge in [-0.05, 0) is 55.1 Å². The third-order valence-corrected chi connectivity index (χ3v) is 6.47. The van der Waals surface area contributed by atoms with Gasteiger partial charge in [-0.3, -0.25) is 19.3 Å². The average Bonchev–Trinajstić information content (AvgIpc) is 3.45. The van der Waals surface area contributed by atoms with E-state index >= 15 is 0 Å². The molecular weight excluding hydrogens is 466 g/mol. The predicted molar refractivity (Wildman–Crippen MR) is 133 cm³/mol. The number of rotatable bonds is 7. The Morgan fingerprint density at radius 2 is 1.77 bits per heavy atom. The van der Waals surface area contributed by atoms with Gasteiger partial charge in [-0.15, -0.1) is 11.3 Å². The van der Waals surface area contributed by atoms with E-state index in [-0.39, 0.29) is 29.8 Å². The molecule has 180 valence electrons. The first kappa shape index (κ1) is 24.2. The van der Waals surface area contributed by atoms with Crippen LogP contribution in [0.15, 0.2) is 71.6 Å². The molecule has 4 rings (SSSR count). The summed E-state index contributed by atoms with van der Waals surface area (Å²) in [5.74, 6) is -1.78. The van der Waals surface area contributed by atoms with Crippen molar-refractivity contribution in [2.45, 2.75) is 32.4 Å². The van der Waals surface area contributed by atoms with Gasteiger partial charge < -0.3 is 14.6 Å². The molecule has 2 heterocycles. The minimum Gasteiger partial charge on any atom is -0.507 e. The van der Waals surface area contributed by atoms with Gasteiger partial charge >= 0.3 is 5.97 Å². The third-order valence-electron chi connectivity index (χ3n) is 5.55. The number of anilines is 1. The van der Waals surface area contributed by atoms with Crippen molar-refractivity contribution in [1.82, 2.24) is 0 Å². The standard InChI is InChI=1S/C27H25NO6S/c1-16(2)34-22(29)15-17-10-12-18(13-11-17)28-24(21-9-6-14-35-21)23(26(31)27(28)32)25(30)19-7-4-5-8-20(19)33-3/h4-14,16,24,30H,15H2,1-3H3/b25-23-. The Hall–Kier alpha value is -3.91. The molecule has 35 heavy (non-hydrogen) atoms. The maximum atomic E-state index is 13.2. The van der Waals surface area contributed by atoms with Crippen LogP contribution in [0, 0.1) is 0 Å². The van der Waals surface area contributed by atoms with Crippen LogP contribution >= 0.6 is 11.3 Å². The smallest absolute Gasteiger partial charge is 0.310 e. The van der Waals surface area contributed by atoms with Gasteiger partial charge in [0, 0.05) is 10.6 Å². The lowest BCUT2D eigenvalue weighted by atomic mass is 9.99. The molecule has 0 spiro atoms. The third kappa shape index (κ3) is 4.83. The summed E-state index contributed by atoms with van der Waals surface area (Å²) >= 11 is 1.38. The second-order valence-corrected chi connectivity index (χ2v) is 9.25. The van der Waals surface area contributed by atoms with Crippen molar-refractivity contribution in [2.24, 2.45) is 0 Å². The van der Waals surface area contributed by atoms with Crippen LogP contribution < -0.4 is 9.64 Å². The van der Waals surface area contributed by atoms with Crippen molar-refractivity contribution < 1.29 is 29.0 Å². The van der Waals surface area contributed by atoms with Crippen LogP contribution in [0.2, 0.25) is 0 Å². The molecule has 1 unspecified atom stereocenters. The highest BCUT2D eigenvalue weighted by atomic mass is 32.1. The molecule has 0 saturated carbocycles. The summed E-state index contributed by atoms with van der Waals surface area (Å²) in [4.78, 5) is 40.5. The maximum absolute atomic E-state index is 13.2. The zero-order valence-corrected chi connectivity index (χ0v) is 20.4. The number of thiophene rings is 1.